The molecular formula is C38H43FO5. The first-order valence-electron chi connectivity index (χ1n) is 15.2. The van der Waals surface area contributed by atoms with E-state index >= 15 is 4.39 Å². The monoisotopic (exact) mass is 598 g/mol. The number of methoxy groups -OCH3 is 1. The van der Waals surface area contributed by atoms with Crippen LogP contribution in [-0.2, 0) is 29.2 Å². The molecule has 232 valence electrons. The number of aliphatic carboxylic acids is 1. The van der Waals surface area contributed by atoms with Crippen LogP contribution in [0, 0.1) is 11.2 Å². The Kier molecular flexibility index (Phi) is 11.6. The zero-order valence-corrected chi connectivity index (χ0v) is 26.1. The predicted molar refractivity (Wildman–Crippen MR) is 172 cm³/mol. The van der Waals surface area contributed by atoms with Gasteiger partial charge in [-0.25, -0.2) is 4.39 Å². The van der Waals surface area contributed by atoms with Crippen LogP contribution in [0.2, 0.25) is 0 Å². The van der Waals surface area contributed by atoms with Crippen molar-refractivity contribution in [2.75, 3.05) is 7.11 Å². The van der Waals surface area contributed by atoms with Gasteiger partial charge in [0.05, 0.1) is 19.8 Å². The van der Waals surface area contributed by atoms with Gasteiger partial charge in [-0.05, 0) is 76.1 Å². The first-order chi connectivity index (χ1) is 21.1. The van der Waals surface area contributed by atoms with Crippen LogP contribution in [-0.4, -0.2) is 18.2 Å². The van der Waals surface area contributed by atoms with Gasteiger partial charge in [0.1, 0.15) is 23.9 Å². The molecule has 0 spiro atoms. The van der Waals surface area contributed by atoms with Gasteiger partial charge < -0.3 is 19.3 Å². The number of carboxylic acids is 1. The maximum Gasteiger partial charge on any atom is 0.303 e. The van der Waals surface area contributed by atoms with Gasteiger partial charge in [-0.3, -0.25) is 4.79 Å². The van der Waals surface area contributed by atoms with Crippen LogP contribution in [0.4, 0.5) is 4.39 Å². The van der Waals surface area contributed by atoms with E-state index in [0.29, 0.717) is 30.1 Å². The molecule has 0 radical (unpaired) electrons. The summed E-state index contributed by atoms with van der Waals surface area (Å²) >= 11 is 0. The maximum absolute atomic E-state index is 15.2. The van der Waals surface area contributed by atoms with Gasteiger partial charge in [0, 0.05) is 12.0 Å². The van der Waals surface area contributed by atoms with E-state index in [1.165, 1.54) is 25.3 Å². The van der Waals surface area contributed by atoms with Crippen LogP contribution >= 0.6 is 0 Å². The van der Waals surface area contributed by atoms with Crippen molar-refractivity contribution in [2.24, 2.45) is 5.41 Å². The molecule has 6 heteroatoms. The Morgan fingerprint density at radius 1 is 0.795 bits per heavy atom. The third-order valence-electron chi connectivity index (χ3n) is 7.19. The third-order valence-corrected chi connectivity index (χ3v) is 7.19. The molecule has 1 aliphatic rings. The molecule has 1 aliphatic carbocycles. The maximum atomic E-state index is 15.2. The predicted octanol–water partition coefficient (Wildman–Crippen LogP) is 9.57. The fourth-order valence-corrected chi connectivity index (χ4v) is 4.77. The molecule has 0 aromatic heterocycles. The summed E-state index contributed by atoms with van der Waals surface area (Å²) in [5.41, 5.74) is 4.58. The lowest BCUT2D eigenvalue weighted by Crippen LogP contribution is -2.22. The molecule has 5 nitrogen and oxygen atoms in total. The lowest BCUT2D eigenvalue weighted by atomic mass is 9.81. The van der Waals surface area contributed by atoms with Crippen molar-refractivity contribution in [3.63, 3.8) is 0 Å². The number of carboxylic acid groups (broad SMARTS) is 1. The highest BCUT2D eigenvalue weighted by molar-refractivity contribution is 5.70. The topological polar surface area (TPSA) is 65.0 Å². The number of carbonyl (C=O) groups is 1. The molecule has 0 bridgehead atoms. The quantitative estimate of drug-likeness (QED) is 0.176. The smallest absolute Gasteiger partial charge is 0.303 e. The number of hydrogen-bond acceptors (Lipinski definition) is 4. The lowest BCUT2D eigenvalue weighted by Gasteiger charge is -2.33. The number of rotatable bonds is 12. The number of halogens is 1. The molecule has 4 aromatic carbocycles. The minimum absolute atomic E-state index is 0.0618. The highest BCUT2D eigenvalue weighted by Gasteiger charge is 2.30. The van der Waals surface area contributed by atoms with E-state index in [9.17, 15) is 4.79 Å². The summed E-state index contributed by atoms with van der Waals surface area (Å²) < 4.78 is 33.3. The molecule has 1 unspecified atom stereocenters. The molecule has 1 N–H and O–H groups in total. The Hall–Kier alpha value is -4.16. The molecule has 0 saturated heterocycles. The molecule has 1 atom stereocenters. The highest BCUT2D eigenvalue weighted by atomic mass is 19.1. The average Bonchev–Trinajstić information content (AvgIpc) is 3.90. The largest absolute Gasteiger partial charge is 0.497 e. The first kappa shape index (κ1) is 32.7. The third kappa shape index (κ3) is 9.95. The minimum Gasteiger partial charge on any atom is -0.497 e. The lowest BCUT2D eigenvalue weighted by molar-refractivity contribution is -0.136. The molecule has 0 aliphatic heterocycles. The van der Waals surface area contributed by atoms with E-state index in [-0.39, 0.29) is 30.4 Å². The Morgan fingerprint density at radius 3 is 2.18 bits per heavy atom. The SMILES string of the molecule is C1CC1.COc1ccc(F)c(-c2ccc(COc3cccc(CCC(=O)O)c3)cc2C(OCc2ccccc2)C(C)(C)C)c1. The first-order valence-corrected chi connectivity index (χ1v) is 15.2. The second-order valence-electron chi connectivity index (χ2n) is 12.2. The molecule has 0 amide bonds. The van der Waals surface area contributed by atoms with Crippen LogP contribution in [0.25, 0.3) is 11.1 Å². The molecule has 1 saturated carbocycles. The normalized spacial score (nSPS) is 12.9. The summed E-state index contributed by atoms with van der Waals surface area (Å²) in [5.74, 6) is 0.0503. The second kappa shape index (κ2) is 15.5. The zero-order valence-electron chi connectivity index (χ0n) is 26.1. The van der Waals surface area contributed by atoms with Crippen LogP contribution in [0.3, 0.4) is 0 Å². The van der Waals surface area contributed by atoms with Crippen LogP contribution < -0.4 is 9.47 Å². The Balaban J connectivity index is 0.00000139. The number of ether oxygens (including phenoxy) is 3. The van der Waals surface area contributed by atoms with Crippen molar-refractivity contribution in [1.29, 1.82) is 0 Å². The summed E-state index contributed by atoms with van der Waals surface area (Å²) in [6, 6.07) is 28.1. The summed E-state index contributed by atoms with van der Waals surface area (Å²) in [6.07, 6.45) is 4.64. The number of hydrogen-bond donors (Lipinski definition) is 1. The molecule has 44 heavy (non-hydrogen) atoms. The van der Waals surface area contributed by atoms with Gasteiger partial charge in [-0.15, -0.1) is 0 Å². The summed E-state index contributed by atoms with van der Waals surface area (Å²) in [5, 5.41) is 9.01. The Morgan fingerprint density at radius 2 is 1.52 bits per heavy atom. The van der Waals surface area contributed by atoms with Gasteiger partial charge in [0.15, 0.2) is 0 Å². The van der Waals surface area contributed by atoms with Crippen molar-refractivity contribution in [1.82, 2.24) is 0 Å². The molecular weight excluding hydrogens is 555 g/mol. The van der Waals surface area contributed by atoms with Crippen molar-refractivity contribution >= 4 is 5.97 Å². The molecule has 5 rings (SSSR count). The zero-order chi connectivity index (χ0) is 31.5. The van der Waals surface area contributed by atoms with Gasteiger partial charge in [-0.2, -0.15) is 0 Å². The van der Waals surface area contributed by atoms with E-state index in [4.69, 9.17) is 19.3 Å². The average molecular weight is 599 g/mol. The van der Waals surface area contributed by atoms with Gasteiger partial charge in [0.2, 0.25) is 0 Å². The fourth-order valence-electron chi connectivity index (χ4n) is 4.77. The van der Waals surface area contributed by atoms with Crippen molar-refractivity contribution in [2.45, 2.75) is 72.2 Å². The standard InChI is InChI=1S/C35H37FO5.C3H6/c1-35(2,3)34(41-22-25-9-6-5-7-10-25)31-20-26(13-16-29(31)30-21-27(39-4)15-17-32(30)36)23-40-28-12-8-11-24(19-28)14-18-33(37)38;1-2-3-1/h5-13,15-17,19-21,34H,14,18,22-23H2,1-4H3,(H,37,38);1-3H2. The van der Waals surface area contributed by atoms with Gasteiger partial charge in [0.25, 0.3) is 0 Å². The van der Waals surface area contributed by atoms with Crippen molar-refractivity contribution in [3.8, 4) is 22.6 Å². The second-order valence-corrected chi connectivity index (χ2v) is 12.2. The Bertz CT molecular complexity index is 1500. The van der Waals surface area contributed by atoms with Crippen LogP contribution in [0.15, 0.2) is 91.0 Å². The number of aryl methyl sites for hydroxylation is 1. The molecule has 4 aromatic rings. The Labute approximate surface area is 260 Å². The van der Waals surface area contributed by atoms with Crippen LogP contribution in [0.5, 0.6) is 11.5 Å². The van der Waals surface area contributed by atoms with Crippen molar-refractivity contribution in [3.05, 3.63) is 119 Å². The van der Waals surface area contributed by atoms with E-state index in [1.807, 2.05) is 72.8 Å². The molecule has 1 fully saturated rings. The molecule has 0 heterocycles. The van der Waals surface area contributed by atoms with E-state index in [0.717, 1.165) is 27.8 Å². The van der Waals surface area contributed by atoms with E-state index in [1.54, 1.807) is 19.2 Å². The fraction of sp³-hybridized carbons (Fsp3) is 0.342. The van der Waals surface area contributed by atoms with Gasteiger partial charge in [-0.1, -0.05) is 94.6 Å². The van der Waals surface area contributed by atoms with Gasteiger partial charge >= 0.3 is 5.97 Å². The summed E-state index contributed by atoms with van der Waals surface area (Å²) in [7, 11) is 1.57. The number of benzene rings is 4. The minimum atomic E-state index is -0.834. The summed E-state index contributed by atoms with van der Waals surface area (Å²) in [4.78, 5) is 11.0. The highest BCUT2D eigenvalue weighted by Crippen LogP contribution is 2.43. The van der Waals surface area contributed by atoms with Crippen molar-refractivity contribution < 1.29 is 28.5 Å². The summed E-state index contributed by atoms with van der Waals surface area (Å²) in [6.45, 7) is 7.03. The van der Waals surface area contributed by atoms with E-state index < -0.39 is 5.97 Å². The van der Waals surface area contributed by atoms with Crippen LogP contribution in [0.1, 0.15) is 74.8 Å². The van der Waals surface area contributed by atoms with E-state index in [2.05, 4.69) is 20.8 Å².